The van der Waals surface area contributed by atoms with Crippen LogP contribution in [0.4, 0.5) is 16.4 Å². The maximum atomic E-state index is 11.7. The molecule has 0 spiro atoms. The van der Waals surface area contributed by atoms with Gasteiger partial charge < -0.3 is 0 Å². The van der Waals surface area contributed by atoms with Crippen molar-refractivity contribution in [3.63, 3.8) is 0 Å². The van der Waals surface area contributed by atoms with E-state index in [0.29, 0.717) is 16.1 Å². The molecule has 0 atom stereocenters. The number of hydrogen-bond acceptors (Lipinski definition) is 7. The van der Waals surface area contributed by atoms with Gasteiger partial charge in [-0.3, -0.25) is 9.69 Å². The van der Waals surface area contributed by atoms with E-state index in [1.54, 1.807) is 36.1 Å². The molecule has 1 aliphatic rings. The van der Waals surface area contributed by atoms with Crippen molar-refractivity contribution in [3.05, 3.63) is 94.3 Å². The van der Waals surface area contributed by atoms with E-state index in [4.69, 9.17) is 0 Å². The minimum Gasteiger partial charge on any atom is -0.300 e. The molecule has 0 bridgehead atoms. The summed E-state index contributed by atoms with van der Waals surface area (Å²) in [6, 6.07) is 28.8. The summed E-state index contributed by atoms with van der Waals surface area (Å²) >= 11 is 4.86. The summed E-state index contributed by atoms with van der Waals surface area (Å²) in [7, 11) is 0. The van der Waals surface area contributed by atoms with Gasteiger partial charge in [-0.1, -0.05) is 36.0 Å². The van der Waals surface area contributed by atoms with Crippen molar-refractivity contribution in [1.29, 1.82) is 5.26 Å². The monoisotopic (exact) mass is 507 g/mol. The highest BCUT2D eigenvalue weighted by Crippen LogP contribution is 2.52. The van der Waals surface area contributed by atoms with E-state index in [-0.39, 0.29) is 5.78 Å². The summed E-state index contributed by atoms with van der Waals surface area (Å²) in [4.78, 5) is 22.1. The zero-order valence-corrected chi connectivity index (χ0v) is 21.0. The fourth-order valence-electron chi connectivity index (χ4n) is 4.02. The minimum absolute atomic E-state index is 0.0169. The number of ketones is 1. The summed E-state index contributed by atoms with van der Waals surface area (Å²) in [6.45, 7) is 1.55. The zero-order chi connectivity index (χ0) is 23.9. The molecule has 7 heteroatoms. The van der Waals surface area contributed by atoms with Crippen LogP contribution in [0.2, 0.25) is 0 Å². The van der Waals surface area contributed by atoms with Crippen molar-refractivity contribution in [3.8, 4) is 6.07 Å². The Morgan fingerprint density at radius 3 is 2.34 bits per heavy atom. The summed E-state index contributed by atoms with van der Waals surface area (Å²) in [6.07, 6.45) is 1.90. The van der Waals surface area contributed by atoms with Crippen LogP contribution in [-0.2, 0) is 0 Å². The molecule has 6 rings (SSSR count). The summed E-state index contributed by atoms with van der Waals surface area (Å²) in [5.41, 5.74) is 4.27. The lowest BCUT2D eigenvalue weighted by atomic mass is 10.1. The van der Waals surface area contributed by atoms with Gasteiger partial charge in [-0.05, 0) is 67.6 Å². The number of para-hydroxylation sites is 2. The van der Waals surface area contributed by atoms with Crippen LogP contribution in [0.15, 0.2) is 88.7 Å². The van der Waals surface area contributed by atoms with Gasteiger partial charge in [-0.25, -0.2) is 4.98 Å². The first-order valence-electron chi connectivity index (χ1n) is 10.9. The fourth-order valence-corrected chi connectivity index (χ4v) is 7.03. The molecule has 1 aliphatic heterocycles. The number of nitrogens with zero attached hydrogens (tertiary/aromatic N) is 3. The first kappa shape index (κ1) is 21.8. The number of rotatable bonds is 4. The topological polar surface area (TPSA) is 57.0 Å². The summed E-state index contributed by atoms with van der Waals surface area (Å²) in [5, 5.41) is 11.7. The van der Waals surface area contributed by atoms with Gasteiger partial charge in [0, 0.05) is 20.2 Å². The minimum atomic E-state index is 0.0169. The number of carbonyl (C=O) groups excluding carboxylic acids is 1. The highest BCUT2D eigenvalue weighted by atomic mass is 32.2. The van der Waals surface area contributed by atoms with Crippen LogP contribution in [0.1, 0.15) is 27.2 Å². The molecular weight excluding hydrogens is 491 g/mol. The SMILES string of the molecule is CC(=O)c1ccc2nc(/C(C#N)=C/c3ccc(N4c5ccccc5Sc5ccccc54)s3)sc2c1. The summed E-state index contributed by atoms with van der Waals surface area (Å²) in [5.74, 6) is 0.0169. The number of carbonyl (C=O) groups is 1. The van der Waals surface area contributed by atoms with Gasteiger partial charge >= 0.3 is 0 Å². The second-order valence-corrected chi connectivity index (χ2v) is 11.2. The molecule has 5 aromatic rings. The molecular formula is C28H17N3OS3. The van der Waals surface area contributed by atoms with Crippen molar-refractivity contribution in [2.24, 2.45) is 0 Å². The van der Waals surface area contributed by atoms with Crippen LogP contribution in [0.25, 0.3) is 21.9 Å². The molecule has 0 radical (unpaired) electrons. The van der Waals surface area contributed by atoms with E-state index in [1.807, 2.05) is 24.3 Å². The molecule has 168 valence electrons. The number of nitriles is 1. The first-order chi connectivity index (χ1) is 17.1. The maximum Gasteiger partial charge on any atom is 0.159 e. The van der Waals surface area contributed by atoms with E-state index >= 15 is 0 Å². The van der Waals surface area contributed by atoms with E-state index < -0.39 is 0 Å². The van der Waals surface area contributed by atoms with Gasteiger partial charge in [0.1, 0.15) is 16.1 Å². The number of fused-ring (bicyclic) bond motifs is 3. The molecule has 3 aromatic carbocycles. The van der Waals surface area contributed by atoms with Gasteiger partial charge in [0.25, 0.3) is 0 Å². The third kappa shape index (κ3) is 3.96. The molecule has 0 aliphatic carbocycles. The Morgan fingerprint density at radius 1 is 0.943 bits per heavy atom. The van der Waals surface area contributed by atoms with Crippen LogP contribution in [0.5, 0.6) is 0 Å². The van der Waals surface area contributed by atoms with Gasteiger partial charge in [-0.2, -0.15) is 5.26 Å². The highest BCUT2D eigenvalue weighted by molar-refractivity contribution is 7.99. The number of hydrogen-bond donors (Lipinski definition) is 0. The Bertz CT molecular complexity index is 1640. The smallest absolute Gasteiger partial charge is 0.159 e. The maximum absolute atomic E-state index is 11.7. The Hall–Kier alpha value is -3.70. The lowest BCUT2D eigenvalue weighted by molar-refractivity contribution is 0.101. The fraction of sp³-hybridized carbons (Fsp3) is 0.0357. The van der Waals surface area contributed by atoms with Gasteiger partial charge in [-0.15, -0.1) is 22.7 Å². The van der Waals surface area contributed by atoms with E-state index in [2.05, 4.69) is 70.6 Å². The summed E-state index contributed by atoms with van der Waals surface area (Å²) < 4.78 is 0.903. The first-order valence-corrected chi connectivity index (χ1v) is 13.4. The third-order valence-electron chi connectivity index (χ3n) is 5.70. The van der Waals surface area contributed by atoms with Crippen molar-refractivity contribution >= 4 is 78.5 Å². The Kier molecular flexibility index (Phi) is 5.50. The van der Waals surface area contributed by atoms with Gasteiger partial charge in [0.05, 0.1) is 27.2 Å². The zero-order valence-electron chi connectivity index (χ0n) is 18.6. The standard InChI is InChI=1S/C28H17N3OS3/c1-17(32)18-10-12-21-26(15-18)35-28(30-21)19(16-29)14-20-11-13-27(33-20)31-22-6-2-4-8-24(22)34-25-9-5-3-7-23(25)31/h2-15H,1H3/b19-14+. The van der Waals surface area contributed by atoms with Gasteiger partial charge in [0.15, 0.2) is 5.78 Å². The van der Waals surface area contributed by atoms with E-state index in [0.717, 1.165) is 31.5 Å². The number of allylic oxidation sites excluding steroid dienone is 1. The Labute approximate surface area is 214 Å². The van der Waals surface area contributed by atoms with Gasteiger partial charge in [0.2, 0.25) is 0 Å². The Balaban J connectivity index is 1.39. The molecule has 0 saturated heterocycles. The van der Waals surface area contributed by atoms with E-state index in [1.165, 1.54) is 21.1 Å². The molecule has 0 saturated carbocycles. The number of thiazole rings is 1. The number of Topliss-reactive ketones (excluding diaryl/α,β-unsaturated/α-hetero) is 1. The van der Waals surface area contributed by atoms with Crippen molar-refractivity contribution in [1.82, 2.24) is 4.98 Å². The molecule has 35 heavy (non-hydrogen) atoms. The molecule has 0 fully saturated rings. The second-order valence-electron chi connectivity index (χ2n) is 7.98. The van der Waals surface area contributed by atoms with Crippen LogP contribution < -0.4 is 4.90 Å². The number of aromatic nitrogens is 1. The lowest BCUT2D eigenvalue weighted by Gasteiger charge is -2.31. The van der Waals surface area contributed by atoms with Crippen LogP contribution in [0, 0.1) is 11.3 Å². The average molecular weight is 508 g/mol. The molecule has 4 nitrogen and oxygen atoms in total. The molecule has 0 unspecified atom stereocenters. The number of anilines is 3. The van der Waals surface area contributed by atoms with E-state index in [9.17, 15) is 10.1 Å². The second kappa shape index (κ2) is 8.82. The number of benzene rings is 3. The third-order valence-corrected chi connectivity index (χ3v) is 8.90. The van der Waals surface area contributed by atoms with Crippen LogP contribution in [-0.4, -0.2) is 10.8 Å². The predicted octanol–water partition coefficient (Wildman–Crippen LogP) is 8.56. The molecule has 2 aromatic heterocycles. The van der Waals surface area contributed by atoms with Crippen molar-refractivity contribution < 1.29 is 4.79 Å². The van der Waals surface area contributed by atoms with Crippen LogP contribution >= 0.6 is 34.4 Å². The largest absolute Gasteiger partial charge is 0.300 e. The Morgan fingerprint density at radius 2 is 1.66 bits per heavy atom. The normalized spacial score (nSPS) is 12.8. The quantitative estimate of drug-likeness (QED) is 0.177. The van der Waals surface area contributed by atoms with Crippen molar-refractivity contribution in [2.75, 3.05) is 4.90 Å². The highest BCUT2D eigenvalue weighted by Gasteiger charge is 2.25. The number of thiophene rings is 1. The molecule has 0 amide bonds. The molecule has 0 N–H and O–H groups in total. The van der Waals surface area contributed by atoms with Crippen molar-refractivity contribution in [2.45, 2.75) is 16.7 Å². The molecule has 3 heterocycles. The lowest BCUT2D eigenvalue weighted by Crippen LogP contribution is -2.13. The van der Waals surface area contributed by atoms with Crippen LogP contribution in [0.3, 0.4) is 0 Å². The predicted molar refractivity (Wildman–Crippen MR) is 146 cm³/mol. The average Bonchev–Trinajstić information content (AvgIpc) is 3.52.